The van der Waals surface area contributed by atoms with Crippen molar-refractivity contribution in [1.82, 2.24) is 14.9 Å². The number of benzene rings is 1. The van der Waals surface area contributed by atoms with Crippen molar-refractivity contribution in [3.63, 3.8) is 0 Å². The second-order valence-electron chi connectivity index (χ2n) is 4.94. The van der Waals surface area contributed by atoms with E-state index in [0.29, 0.717) is 10.4 Å². The second-order valence-corrected chi connectivity index (χ2v) is 4.94. The van der Waals surface area contributed by atoms with Crippen molar-refractivity contribution in [1.29, 1.82) is 0 Å². The number of alkyl halides is 3. The smallest absolute Gasteiger partial charge is 0.355 e. The molecule has 124 valence electrons. The second kappa shape index (κ2) is 6.19. The summed E-state index contributed by atoms with van der Waals surface area (Å²) in [6.45, 7) is -1.23. The summed E-state index contributed by atoms with van der Waals surface area (Å²) in [4.78, 5) is 12.1. The van der Waals surface area contributed by atoms with Gasteiger partial charge in [0, 0.05) is 17.8 Å². The summed E-state index contributed by atoms with van der Waals surface area (Å²) in [5, 5.41) is 9.62. The number of halogens is 3. The maximum atomic E-state index is 12.3. The molecule has 2 heterocycles. The molecule has 2 aromatic heterocycles. The Kier molecular flexibility index (Phi) is 4.07. The van der Waals surface area contributed by atoms with Gasteiger partial charge in [0.1, 0.15) is 6.54 Å². The minimum atomic E-state index is -4.38. The number of nitrogens with one attached hydrogen (secondary N) is 1. The zero-order valence-corrected chi connectivity index (χ0v) is 12.1. The highest BCUT2D eigenvalue weighted by molar-refractivity contribution is 6.03. The van der Waals surface area contributed by atoms with E-state index >= 15 is 0 Å². The van der Waals surface area contributed by atoms with E-state index in [1.807, 2.05) is 18.2 Å². The lowest BCUT2D eigenvalue weighted by Gasteiger charge is -2.05. The largest absolute Gasteiger partial charge is 0.408 e. The number of hydrogen-bond acceptors (Lipinski definition) is 4. The summed E-state index contributed by atoms with van der Waals surface area (Å²) in [7, 11) is 0. The topological polar surface area (TPSA) is 73.0 Å². The van der Waals surface area contributed by atoms with Gasteiger partial charge in [-0.05, 0) is 0 Å². The monoisotopic (exact) mass is 336 g/mol. The van der Waals surface area contributed by atoms with Crippen molar-refractivity contribution < 1.29 is 22.5 Å². The number of aromatic nitrogens is 3. The number of carbonyl (C=O) groups is 1. The molecule has 0 unspecified atom stereocenters. The highest BCUT2D eigenvalue weighted by Crippen LogP contribution is 2.21. The molecule has 0 aliphatic rings. The van der Waals surface area contributed by atoms with Crippen LogP contribution < -0.4 is 5.32 Å². The summed E-state index contributed by atoms with van der Waals surface area (Å²) in [6, 6.07) is 10.5. The lowest BCUT2D eigenvalue weighted by Crippen LogP contribution is -2.18. The van der Waals surface area contributed by atoms with Crippen LogP contribution in [0, 0.1) is 0 Å². The van der Waals surface area contributed by atoms with Crippen LogP contribution in [0.1, 0.15) is 10.5 Å². The van der Waals surface area contributed by atoms with Crippen molar-refractivity contribution in [2.45, 2.75) is 12.7 Å². The molecular weight excluding hydrogens is 325 g/mol. The lowest BCUT2D eigenvalue weighted by atomic mass is 10.1. The average Bonchev–Trinajstić information content (AvgIpc) is 3.16. The fourth-order valence-corrected chi connectivity index (χ4v) is 2.01. The number of anilines is 1. The van der Waals surface area contributed by atoms with Crippen LogP contribution in [-0.2, 0) is 6.54 Å². The molecule has 0 bridgehead atoms. The van der Waals surface area contributed by atoms with Gasteiger partial charge in [0.15, 0.2) is 11.5 Å². The number of amides is 1. The number of hydrogen-bond donors (Lipinski definition) is 1. The predicted octanol–water partition coefficient (Wildman–Crippen LogP) is 3.35. The van der Waals surface area contributed by atoms with Crippen LogP contribution in [-0.4, -0.2) is 27.0 Å². The molecule has 6 nitrogen and oxygen atoms in total. The molecule has 3 aromatic rings. The molecule has 1 N–H and O–H groups in total. The van der Waals surface area contributed by atoms with E-state index in [1.54, 1.807) is 12.1 Å². The Labute approximate surface area is 133 Å². The fourth-order valence-electron chi connectivity index (χ4n) is 2.01. The molecule has 1 amide bonds. The first-order valence-corrected chi connectivity index (χ1v) is 6.83. The van der Waals surface area contributed by atoms with Crippen LogP contribution in [0.25, 0.3) is 11.3 Å². The van der Waals surface area contributed by atoms with Crippen LogP contribution in [0.15, 0.2) is 53.3 Å². The molecule has 0 saturated heterocycles. The summed E-state index contributed by atoms with van der Waals surface area (Å²) >= 11 is 0. The third-order valence-corrected chi connectivity index (χ3v) is 3.03. The van der Waals surface area contributed by atoms with E-state index in [9.17, 15) is 18.0 Å². The third-order valence-electron chi connectivity index (χ3n) is 3.03. The van der Waals surface area contributed by atoms with E-state index < -0.39 is 18.6 Å². The quantitative estimate of drug-likeness (QED) is 0.793. The predicted molar refractivity (Wildman–Crippen MR) is 78.2 cm³/mol. The Morgan fingerprint density at radius 1 is 1.25 bits per heavy atom. The molecule has 24 heavy (non-hydrogen) atoms. The lowest BCUT2D eigenvalue weighted by molar-refractivity contribution is -0.142. The molecule has 0 radical (unpaired) electrons. The van der Waals surface area contributed by atoms with Crippen LogP contribution in [0.5, 0.6) is 0 Å². The number of rotatable bonds is 4. The molecule has 0 aliphatic heterocycles. The van der Waals surface area contributed by atoms with Gasteiger partial charge in [0.05, 0.1) is 11.9 Å². The Hall–Kier alpha value is -3.10. The molecule has 0 saturated carbocycles. The van der Waals surface area contributed by atoms with E-state index in [2.05, 4.69) is 15.6 Å². The summed E-state index contributed by atoms with van der Waals surface area (Å²) in [6.07, 6.45) is -2.17. The van der Waals surface area contributed by atoms with Gasteiger partial charge in [0.25, 0.3) is 5.91 Å². The molecule has 9 heteroatoms. The Bertz CT molecular complexity index is 840. The summed E-state index contributed by atoms with van der Waals surface area (Å²) in [5.41, 5.74) is 0.896. The van der Waals surface area contributed by atoms with Crippen molar-refractivity contribution >= 4 is 11.6 Å². The third kappa shape index (κ3) is 3.80. The first kappa shape index (κ1) is 15.8. The van der Waals surface area contributed by atoms with Gasteiger partial charge < -0.3 is 9.84 Å². The van der Waals surface area contributed by atoms with Crippen molar-refractivity contribution in [3.05, 3.63) is 54.5 Å². The highest BCUT2D eigenvalue weighted by atomic mass is 19.4. The van der Waals surface area contributed by atoms with Gasteiger partial charge in [0.2, 0.25) is 0 Å². The first-order chi connectivity index (χ1) is 11.4. The van der Waals surface area contributed by atoms with Gasteiger partial charge in [-0.1, -0.05) is 35.5 Å². The standard InChI is InChI=1S/C15H11F3N4O2/c16-15(17,18)9-22-8-11(7-19-22)20-14(23)12-6-13(24-21-12)10-4-2-1-3-5-10/h1-8H,9H2,(H,20,23). The molecular formula is C15H11F3N4O2. The van der Waals surface area contributed by atoms with Crippen LogP contribution in [0.3, 0.4) is 0 Å². The normalized spacial score (nSPS) is 11.5. The van der Waals surface area contributed by atoms with E-state index in [0.717, 1.165) is 18.0 Å². The molecule has 1 aromatic carbocycles. The van der Waals surface area contributed by atoms with Crippen LogP contribution in [0.4, 0.5) is 18.9 Å². The van der Waals surface area contributed by atoms with Gasteiger partial charge in [-0.3, -0.25) is 9.48 Å². The van der Waals surface area contributed by atoms with E-state index in [-0.39, 0.29) is 11.4 Å². The fraction of sp³-hybridized carbons (Fsp3) is 0.133. The van der Waals surface area contributed by atoms with Crippen molar-refractivity contribution in [2.75, 3.05) is 5.32 Å². The Balaban J connectivity index is 1.69. The highest BCUT2D eigenvalue weighted by Gasteiger charge is 2.28. The van der Waals surface area contributed by atoms with Gasteiger partial charge in [-0.2, -0.15) is 18.3 Å². The summed E-state index contributed by atoms with van der Waals surface area (Å²) in [5.74, 6) is -0.194. The number of nitrogens with zero attached hydrogens (tertiary/aromatic N) is 3. The molecule has 3 rings (SSSR count). The van der Waals surface area contributed by atoms with E-state index in [1.165, 1.54) is 6.07 Å². The number of carbonyl (C=O) groups excluding carboxylic acids is 1. The maximum Gasteiger partial charge on any atom is 0.408 e. The van der Waals surface area contributed by atoms with Gasteiger partial charge in [-0.25, -0.2) is 0 Å². The Morgan fingerprint density at radius 3 is 2.71 bits per heavy atom. The van der Waals surface area contributed by atoms with Crippen LogP contribution in [0.2, 0.25) is 0 Å². The van der Waals surface area contributed by atoms with Gasteiger partial charge >= 0.3 is 6.18 Å². The minimum Gasteiger partial charge on any atom is -0.355 e. The van der Waals surface area contributed by atoms with Crippen molar-refractivity contribution in [3.8, 4) is 11.3 Å². The average molecular weight is 336 g/mol. The molecule has 0 aliphatic carbocycles. The van der Waals surface area contributed by atoms with Crippen molar-refractivity contribution in [2.24, 2.45) is 0 Å². The molecule has 0 atom stereocenters. The molecule has 0 spiro atoms. The first-order valence-electron chi connectivity index (χ1n) is 6.83. The van der Waals surface area contributed by atoms with E-state index in [4.69, 9.17) is 4.52 Å². The zero-order valence-electron chi connectivity index (χ0n) is 12.1. The van der Waals surface area contributed by atoms with Gasteiger partial charge in [-0.15, -0.1) is 0 Å². The Morgan fingerprint density at radius 2 is 2.00 bits per heavy atom. The summed E-state index contributed by atoms with van der Waals surface area (Å²) < 4.78 is 42.6. The minimum absolute atomic E-state index is 0.0115. The molecule has 0 fully saturated rings. The SMILES string of the molecule is O=C(Nc1cnn(CC(F)(F)F)c1)c1cc(-c2ccccc2)on1. The zero-order chi connectivity index (χ0) is 17.2. The van der Waals surface area contributed by atoms with Crippen LogP contribution >= 0.6 is 0 Å². The maximum absolute atomic E-state index is 12.3.